The van der Waals surface area contributed by atoms with Gasteiger partial charge in [0.05, 0.1) is 6.61 Å². The summed E-state index contributed by atoms with van der Waals surface area (Å²) in [6, 6.07) is 0. The van der Waals surface area contributed by atoms with Gasteiger partial charge in [-0.2, -0.15) is 0 Å². The second-order valence-corrected chi connectivity index (χ2v) is 3.17. The molecule has 4 heteroatoms. The normalized spacial score (nSPS) is 11.4. The van der Waals surface area contributed by atoms with Crippen molar-refractivity contribution < 1.29 is 15.0 Å². The molecule has 0 unspecified atom stereocenters. The number of likely N-dealkylation sites (N-methyl/N-ethyl adjacent to an activating group) is 1. The molecule has 0 aromatic rings. The lowest BCUT2D eigenvalue weighted by atomic mass is 10.1. The molecule has 0 saturated carbocycles. The Morgan fingerprint density at radius 3 is 2.25 bits per heavy atom. The first-order valence-electron chi connectivity index (χ1n) is 4.06. The van der Waals surface area contributed by atoms with Gasteiger partial charge in [-0.3, -0.25) is 4.79 Å². The van der Waals surface area contributed by atoms with E-state index in [4.69, 9.17) is 5.11 Å². The molecule has 2 N–H and O–H groups in total. The first kappa shape index (κ1) is 11.4. The standard InChI is InChI=1S/C8H17NO3/c1-4-9(5-6-10)7(11)8(2,3)12/h10,12H,4-6H2,1-3H3. The minimum atomic E-state index is -1.34. The number of carbonyl (C=O) groups is 1. The number of nitrogens with zero attached hydrogens (tertiary/aromatic N) is 1. The topological polar surface area (TPSA) is 60.8 Å². The van der Waals surface area contributed by atoms with Gasteiger partial charge in [0.25, 0.3) is 5.91 Å². The maximum atomic E-state index is 11.4. The molecule has 1 amide bonds. The lowest BCUT2D eigenvalue weighted by molar-refractivity contribution is -0.148. The molecule has 0 radical (unpaired) electrons. The number of rotatable bonds is 4. The second-order valence-electron chi connectivity index (χ2n) is 3.17. The van der Waals surface area contributed by atoms with Crippen molar-refractivity contribution in [3.05, 3.63) is 0 Å². The first-order chi connectivity index (χ1) is 5.43. The average Bonchev–Trinajstić information content (AvgIpc) is 1.97. The van der Waals surface area contributed by atoms with Crippen molar-refractivity contribution in [1.29, 1.82) is 0 Å². The summed E-state index contributed by atoms with van der Waals surface area (Å²) in [5.74, 6) is -0.348. The zero-order valence-electron chi connectivity index (χ0n) is 7.87. The minimum Gasteiger partial charge on any atom is -0.395 e. The van der Waals surface area contributed by atoms with E-state index in [0.717, 1.165) is 0 Å². The number of carbonyl (C=O) groups excluding carboxylic acids is 1. The fourth-order valence-electron chi connectivity index (χ4n) is 0.911. The van der Waals surface area contributed by atoms with Crippen LogP contribution in [0.4, 0.5) is 0 Å². The summed E-state index contributed by atoms with van der Waals surface area (Å²) < 4.78 is 0. The van der Waals surface area contributed by atoms with E-state index in [-0.39, 0.29) is 19.1 Å². The van der Waals surface area contributed by atoms with Crippen LogP contribution in [0.2, 0.25) is 0 Å². The van der Waals surface area contributed by atoms with E-state index >= 15 is 0 Å². The van der Waals surface area contributed by atoms with Gasteiger partial charge in [-0.15, -0.1) is 0 Å². The van der Waals surface area contributed by atoms with Crippen LogP contribution in [0.3, 0.4) is 0 Å². The van der Waals surface area contributed by atoms with Crippen LogP contribution in [0.5, 0.6) is 0 Å². The number of hydrogen-bond donors (Lipinski definition) is 2. The summed E-state index contributed by atoms with van der Waals surface area (Å²) in [5.41, 5.74) is -1.34. The first-order valence-corrected chi connectivity index (χ1v) is 4.06. The van der Waals surface area contributed by atoms with E-state index in [1.54, 1.807) is 6.92 Å². The predicted octanol–water partition coefficient (Wildman–Crippen LogP) is -0.402. The van der Waals surface area contributed by atoms with Crippen molar-refractivity contribution in [3.8, 4) is 0 Å². The summed E-state index contributed by atoms with van der Waals surface area (Å²) in [4.78, 5) is 12.8. The SMILES string of the molecule is CCN(CCO)C(=O)C(C)(C)O. The molecule has 0 aromatic carbocycles. The second kappa shape index (κ2) is 4.42. The maximum absolute atomic E-state index is 11.4. The van der Waals surface area contributed by atoms with E-state index in [0.29, 0.717) is 6.54 Å². The molecule has 4 nitrogen and oxygen atoms in total. The van der Waals surface area contributed by atoms with E-state index in [1.165, 1.54) is 18.7 Å². The van der Waals surface area contributed by atoms with Crippen LogP contribution in [0.1, 0.15) is 20.8 Å². The Kier molecular flexibility index (Phi) is 4.20. The highest BCUT2D eigenvalue weighted by Gasteiger charge is 2.27. The molecule has 0 fully saturated rings. The van der Waals surface area contributed by atoms with E-state index in [1.807, 2.05) is 0 Å². The van der Waals surface area contributed by atoms with Crippen molar-refractivity contribution in [2.45, 2.75) is 26.4 Å². The Morgan fingerprint density at radius 2 is 2.00 bits per heavy atom. The maximum Gasteiger partial charge on any atom is 0.254 e. The third-order valence-electron chi connectivity index (χ3n) is 1.56. The molecular weight excluding hydrogens is 158 g/mol. The van der Waals surface area contributed by atoms with Crippen molar-refractivity contribution in [3.63, 3.8) is 0 Å². The molecule has 0 saturated heterocycles. The molecular formula is C8H17NO3. The summed E-state index contributed by atoms with van der Waals surface area (Å²) in [6.45, 7) is 5.39. The Hall–Kier alpha value is -0.610. The molecule has 12 heavy (non-hydrogen) atoms. The van der Waals surface area contributed by atoms with E-state index < -0.39 is 5.60 Å². The van der Waals surface area contributed by atoms with Crippen molar-refractivity contribution in [2.24, 2.45) is 0 Å². The quantitative estimate of drug-likeness (QED) is 0.611. The smallest absolute Gasteiger partial charge is 0.254 e. The molecule has 0 aromatic heterocycles. The number of aliphatic hydroxyl groups is 2. The zero-order valence-corrected chi connectivity index (χ0v) is 7.87. The van der Waals surface area contributed by atoms with Gasteiger partial charge in [-0.25, -0.2) is 0 Å². The summed E-state index contributed by atoms with van der Waals surface area (Å²) in [6.07, 6.45) is 0. The molecule has 0 aliphatic heterocycles. The summed E-state index contributed by atoms with van der Waals surface area (Å²) in [5, 5.41) is 17.9. The Bertz CT molecular complexity index is 151. The number of aliphatic hydroxyl groups excluding tert-OH is 1. The Balaban J connectivity index is 4.22. The fraction of sp³-hybridized carbons (Fsp3) is 0.875. The van der Waals surface area contributed by atoms with Gasteiger partial charge in [-0.05, 0) is 20.8 Å². The van der Waals surface area contributed by atoms with Crippen LogP contribution in [0.15, 0.2) is 0 Å². The Labute approximate surface area is 72.8 Å². The summed E-state index contributed by atoms with van der Waals surface area (Å²) >= 11 is 0. The van der Waals surface area contributed by atoms with Gasteiger partial charge >= 0.3 is 0 Å². The molecule has 0 aliphatic rings. The van der Waals surface area contributed by atoms with Gasteiger partial charge in [0.15, 0.2) is 0 Å². The molecule has 0 heterocycles. The predicted molar refractivity (Wildman–Crippen MR) is 45.6 cm³/mol. The molecule has 0 rings (SSSR count). The molecule has 0 spiro atoms. The highest BCUT2D eigenvalue weighted by Crippen LogP contribution is 2.06. The highest BCUT2D eigenvalue weighted by molar-refractivity contribution is 5.84. The highest BCUT2D eigenvalue weighted by atomic mass is 16.3. The van der Waals surface area contributed by atoms with Gasteiger partial charge in [0.1, 0.15) is 5.60 Å². The van der Waals surface area contributed by atoms with Crippen LogP contribution >= 0.6 is 0 Å². The number of hydrogen-bond acceptors (Lipinski definition) is 3. The van der Waals surface area contributed by atoms with Crippen LogP contribution < -0.4 is 0 Å². The van der Waals surface area contributed by atoms with Gasteiger partial charge in [0.2, 0.25) is 0 Å². The van der Waals surface area contributed by atoms with Crippen LogP contribution in [-0.2, 0) is 4.79 Å². The van der Waals surface area contributed by atoms with Crippen molar-refractivity contribution in [2.75, 3.05) is 19.7 Å². The molecule has 0 atom stereocenters. The van der Waals surface area contributed by atoms with Gasteiger partial charge < -0.3 is 15.1 Å². The minimum absolute atomic E-state index is 0.0737. The Morgan fingerprint density at radius 1 is 1.50 bits per heavy atom. The zero-order chi connectivity index (χ0) is 9.78. The molecule has 0 bridgehead atoms. The summed E-state index contributed by atoms with van der Waals surface area (Å²) in [7, 11) is 0. The van der Waals surface area contributed by atoms with E-state index in [2.05, 4.69) is 0 Å². The van der Waals surface area contributed by atoms with Crippen LogP contribution in [0.25, 0.3) is 0 Å². The van der Waals surface area contributed by atoms with Gasteiger partial charge in [-0.1, -0.05) is 0 Å². The van der Waals surface area contributed by atoms with Gasteiger partial charge in [0, 0.05) is 13.1 Å². The van der Waals surface area contributed by atoms with Crippen molar-refractivity contribution in [1.82, 2.24) is 4.90 Å². The third kappa shape index (κ3) is 3.19. The monoisotopic (exact) mass is 175 g/mol. The fourth-order valence-corrected chi connectivity index (χ4v) is 0.911. The molecule has 0 aliphatic carbocycles. The van der Waals surface area contributed by atoms with Crippen molar-refractivity contribution >= 4 is 5.91 Å². The van der Waals surface area contributed by atoms with E-state index in [9.17, 15) is 9.90 Å². The lowest BCUT2D eigenvalue weighted by Crippen LogP contribution is -2.46. The van der Waals surface area contributed by atoms with Crippen LogP contribution in [-0.4, -0.2) is 46.3 Å². The lowest BCUT2D eigenvalue weighted by Gasteiger charge is -2.26. The third-order valence-corrected chi connectivity index (χ3v) is 1.56. The average molecular weight is 175 g/mol. The number of amides is 1. The largest absolute Gasteiger partial charge is 0.395 e. The van der Waals surface area contributed by atoms with Crippen LogP contribution in [0, 0.1) is 0 Å². The molecule has 72 valence electrons.